The smallest absolute Gasteiger partial charge is 0.204 e. The molecule has 4 rings (SSSR count). The van der Waals surface area contributed by atoms with Crippen LogP contribution in [0.1, 0.15) is 41.1 Å². The van der Waals surface area contributed by atoms with Crippen molar-refractivity contribution in [1.29, 1.82) is 0 Å². The monoisotopic (exact) mass is 318 g/mol. The van der Waals surface area contributed by atoms with Crippen LogP contribution in [0.15, 0.2) is 72.0 Å². The number of carbonyl (C=O) groups is 2. The molecule has 3 heteroatoms. The van der Waals surface area contributed by atoms with Gasteiger partial charge in [-0.05, 0) is 12.0 Å². The highest BCUT2D eigenvalue weighted by atomic mass is 16.5. The minimum Gasteiger partial charge on any atom is -0.485 e. The molecule has 0 amide bonds. The van der Waals surface area contributed by atoms with Gasteiger partial charge in [0.15, 0.2) is 11.9 Å². The summed E-state index contributed by atoms with van der Waals surface area (Å²) < 4.78 is 6.03. The Bertz CT molecular complexity index is 805. The molecule has 0 radical (unpaired) electrons. The van der Waals surface area contributed by atoms with E-state index in [0.717, 1.165) is 24.2 Å². The Morgan fingerprint density at radius 1 is 0.917 bits per heavy atom. The molecule has 0 saturated carbocycles. The molecule has 0 N–H and O–H groups in total. The Morgan fingerprint density at radius 2 is 1.58 bits per heavy atom. The van der Waals surface area contributed by atoms with Crippen LogP contribution < -0.4 is 0 Å². The molecule has 2 aromatic carbocycles. The highest BCUT2D eigenvalue weighted by Gasteiger charge is 2.45. The van der Waals surface area contributed by atoms with Gasteiger partial charge >= 0.3 is 0 Å². The average Bonchev–Trinajstić information content (AvgIpc) is 3.03. The van der Waals surface area contributed by atoms with Gasteiger partial charge in [-0.3, -0.25) is 9.59 Å². The first-order valence-electron chi connectivity index (χ1n) is 8.33. The maximum absolute atomic E-state index is 13.0. The zero-order valence-electron chi connectivity index (χ0n) is 13.3. The van der Waals surface area contributed by atoms with Gasteiger partial charge in [0, 0.05) is 24.0 Å². The Hall–Kier alpha value is -2.68. The summed E-state index contributed by atoms with van der Waals surface area (Å²) >= 11 is 0. The number of carbonyl (C=O) groups excluding carboxylic acids is 2. The van der Waals surface area contributed by atoms with Gasteiger partial charge in [-0.25, -0.2) is 0 Å². The van der Waals surface area contributed by atoms with E-state index in [-0.39, 0.29) is 17.5 Å². The molecule has 0 fully saturated rings. The zero-order valence-corrected chi connectivity index (χ0v) is 13.3. The van der Waals surface area contributed by atoms with E-state index >= 15 is 0 Å². The Morgan fingerprint density at radius 3 is 2.29 bits per heavy atom. The number of benzene rings is 2. The fourth-order valence-electron chi connectivity index (χ4n) is 3.65. The molecule has 1 aliphatic carbocycles. The Labute approximate surface area is 141 Å². The van der Waals surface area contributed by atoms with Gasteiger partial charge in [0.25, 0.3) is 0 Å². The van der Waals surface area contributed by atoms with E-state index in [1.54, 1.807) is 12.1 Å². The molecule has 1 aliphatic heterocycles. The van der Waals surface area contributed by atoms with Crippen molar-refractivity contribution in [3.63, 3.8) is 0 Å². The molecule has 3 nitrogen and oxygen atoms in total. The molecule has 2 aliphatic rings. The van der Waals surface area contributed by atoms with Gasteiger partial charge in [0.2, 0.25) is 5.78 Å². The largest absolute Gasteiger partial charge is 0.485 e. The SMILES string of the molecule is O=C1CCCC2=C1C(c1ccccc1)C(C(=O)c1ccccc1)O2. The summed E-state index contributed by atoms with van der Waals surface area (Å²) in [5.74, 6) is 0.469. The van der Waals surface area contributed by atoms with Gasteiger partial charge in [-0.15, -0.1) is 0 Å². The number of allylic oxidation sites excluding steroid dienone is 1. The first-order valence-corrected chi connectivity index (χ1v) is 8.33. The molecule has 1 heterocycles. The molecular weight excluding hydrogens is 300 g/mol. The van der Waals surface area contributed by atoms with Crippen molar-refractivity contribution in [2.24, 2.45) is 0 Å². The van der Waals surface area contributed by atoms with Gasteiger partial charge in [-0.1, -0.05) is 60.7 Å². The molecular formula is C21H18O3. The van der Waals surface area contributed by atoms with Crippen molar-refractivity contribution >= 4 is 11.6 Å². The van der Waals surface area contributed by atoms with Crippen molar-refractivity contribution in [3.05, 3.63) is 83.1 Å². The lowest BCUT2D eigenvalue weighted by molar-refractivity contribution is -0.116. The van der Waals surface area contributed by atoms with E-state index in [2.05, 4.69) is 0 Å². The molecule has 2 unspecified atom stereocenters. The van der Waals surface area contributed by atoms with E-state index in [4.69, 9.17) is 4.74 Å². The van der Waals surface area contributed by atoms with Gasteiger partial charge in [0.05, 0.1) is 5.92 Å². The van der Waals surface area contributed by atoms with Gasteiger partial charge in [0.1, 0.15) is 5.76 Å². The third-order valence-electron chi connectivity index (χ3n) is 4.77. The lowest BCUT2D eigenvalue weighted by atomic mass is 9.80. The second-order valence-corrected chi connectivity index (χ2v) is 6.27. The van der Waals surface area contributed by atoms with Crippen molar-refractivity contribution in [1.82, 2.24) is 0 Å². The highest BCUT2D eigenvalue weighted by Crippen LogP contribution is 2.44. The molecule has 0 spiro atoms. The van der Waals surface area contributed by atoms with E-state index in [1.807, 2.05) is 48.5 Å². The van der Waals surface area contributed by atoms with Gasteiger partial charge in [-0.2, -0.15) is 0 Å². The molecule has 120 valence electrons. The van der Waals surface area contributed by atoms with Crippen LogP contribution in [0.2, 0.25) is 0 Å². The molecule has 0 bridgehead atoms. The van der Waals surface area contributed by atoms with Crippen LogP contribution in [-0.2, 0) is 9.53 Å². The number of rotatable bonds is 3. The van der Waals surface area contributed by atoms with Gasteiger partial charge < -0.3 is 4.74 Å². The number of ether oxygens (including phenoxy) is 1. The molecule has 2 aromatic rings. The summed E-state index contributed by atoms with van der Waals surface area (Å²) in [5, 5.41) is 0. The van der Waals surface area contributed by atoms with Crippen molar-refractivity contribution in [3.8, 4) is 0 Å². The number of Topliss-reactive ketones (excluding diaryl/α,β-unsaturated/α-hetero) is 2. The van der Waals surface area contributed by atoms with E-state index in [0.29, 0.717) is 17.6 Å². The quantitative estimate of drug-likeness (QED) is 0.802. The molecule has 0 aromatic heterocycles. The third-order valence-corrected chi connectivity index (χ3v) is 4.77. The zero-order chi connectivity index (χ0) is 16.5. The average molecular weight is 318 g/mol. The Balaban J connectivity index is 1.77. The fourth-order valence-corrected chi connectivity index (χ4v) is 3.65. The van der Waals surface area contributed by atoms with E-state index in [9.17, 15) is 9.59 Å². The second-order valence-electron chi connectivity index (χ2n) is 6.27. The lowest BCUT2D eigenvalue weighted by Crippen LogP contribution is -2.28. The maximum atomic E-state index is 13.0. The van der Waals surface area contributed by atoms with Crippen LogP contribution in [0, 0.1) is 0 Å². The predicted octanol–water partition coefficient (Wildman–Crippen LogP) is 4.06. The molecule has 24 heavy (non-hydrogen) atoms. The molecule has 0 saturated heterocycles. The van der Waals surface area contributed by atoms with Crippen molar-refractivity contribution in [2.75, 3.05) is 0 Å². The predicted molar refractivity (Wildman–Crippen MR) is 90.7 cm³/mol. The first kappa shape index (κ1) is 14.9. The number of ketones is 2. The summed E-state index contributed by atoms with van der Waals surface area (Å²) in [6.07, 6.45) is 1.42. The normalized spacial score (nSPS) is 22.9. The molecule has 2 atom stereocenters. The van der Waals surface area contributed by atoms with Crippen LogP contribution >= 0.6 is 0 Å². The summed E-state index contributed by atoms with van der Waals surface area (Å²) in [7, 11) is 0. The van der Waals surface area contributed by atoms with Crippen molar-refractivity contribution < 1.29 is 14.3 Å². The fraction of sp³-hybridized carbons (Fsp3) is 0.238. The number of hydrogen-bond donors (Lipinski definition) is 0. The third kappa shape index (κ3) is 2.46. The second kappa shape index (κ2) is 6.08. The maximum Gasteiger partial charge on any atom is 0.204 e. The minimum absolute atomic E-state index is 0.0633. The summed E-state index contributed by atoms with van der Waals surface area (Å²) in [4.78, 5) is 25.5. The summed E-state index contributed by atoms with van der Waals surface area (Å²) in [6.45, 7) is 0. The summed E-state index contributed by atoms with van der Waals surface area (Å²) in [6, 6.07) is 18.9. The van der Waals surface area contributed by atoms with Crippen molar-refractivity contribution in [2.45, 2.75) is 31.3 Å². The lowest BCUT2D eigenvalue weighted by Gasteiger charge is -2.20. The summed E-state index contributed by atoms with van der Waals surface area (Å²) in [5.41, 5.74) is 2.30. The minimum atomic E-state index is -0.651. The van der Waals surface area contributed by atoms with Crippen LogP contribution in [-0.4, -0.2) is 17.7 Å². The van der Waals surface area contributed by atoms with Crippen LogP contribution in [0.25, 0.3) is 0 Å². The van der Waals surface area contributed by atoms with Crippen LogP contribution in [0.4, 0.5) is 0 Å². The number of hydrogen-bond acceptors (Lipinski definition) is 3. The van der Waals surface area contributed by atoms with Crippen LogP contribution in [0.3, 0.4) is 0 Å². The highest BCUT2D eigenvalue weighted by molar-refractivity contribution is 6.05. The van der Waals surface area contributed by atoms with E-state index < -0.39 is 6.10 Å². The van der Waals surface area contributed by atoms with E-state index in [1.165, 1.54) is 0 Å². The van der Waals surface area contributed by atoms with Crippen LogP contribution in [0.5, 0.6) is 0 Å². The Kier molecular flexibility index (Phi) is 3.77. The topological polar surface area (TPSA) is 43.4 Å². The first-order chi connectivity index (χ1) is 11.8. The standard InChI is InChI=1S/C21H18O3/c22-16-12-7-13-17-19(16)18(14-8-3-1-4-9-14)21(24-17)20(23)15-10-5-2-6-11-15/h1-6,8-11,18,21H,7,12-13H2.